The van der Waals surface area contributed by atoms with E-state index in [1.807, 2.05) is 0 Å². The van der Waals surface area contributed by atoms with Gasteiger partial charge in [0, 0.05) is 22.2 Å². The molecule has 0 aromatic heterocycles. The van der Waals surface area contributed by atoms with Gasteiger partial charge in [-0.15, -0.1) is 0 Å². The van der Waals surface area contributed by atoms with E-state index in [0.717, 1.165) is 4.90 Å². The van der Waals surface area contributed by atoms with Crippen molar-refractivity contribution in [1.82, 2.24) is 4.90 Å². The van der Waals surface area contributed by atoms with Crippen molar-refractivity contribution in [1.29, 1.82) is 0 Å². The molecule has 0 aliphatic carbocycles. The molecule has 1 amide bonds. The molecule has 0 spiro atoms. The van der Waals surface area contributed by atoms with Gasteiger partial charge in [-0.05, 0) is 19.1 Å². The van der Waals surface area contributed by atoms with Crippen molar-refractivity contribution < 1.29 is 14.7 Å². The predicted octanol–water partition coefficient (Wildman–Crippen LogP) is 2.60. The van der Waals surface area contributed by atoms with Crippen LogP contribution in [0.15, 0.2) is 18.2 Å². The summed E-state index contributed by atoms with van der Waals surface area (Å²) in [6.07, 6.45) is 0.471. The third-order valence-corrected chi connectivity index (χ3v) is 3.00. The van der Waals surface area contributed by atoms with Crippen molar-refractivity contribution in [3.63, 3.8) is 0 Å². The summed E-state index contributed by atoms with van der Waals surface area (Å²) in [7, 11) is 0. The van der Waals surface area contributed by atoms with Gasteiger partial charge in [0.15, 0.2) is 6.04 Å². The second-order valence-electron chi connectivity index (χ2n) is 3.31. The Morgan fingerprint density at radius 3 is 2.35 bits per heavy atom. The zero-order chi connectivity index (χ0) is 13.0. The van der Waals surface area contributed by atoms with Crippen LogP contribution in [0.1, 0.15) is 18.5 Å². The lowest BCUT2D eigenvalue weighted by atomic mass is 10.1. The number of carbonyl (C=O) groups excluding carboxylic acids is 1. The Morgan fingerprint density at radius 2 is 2.00 bits per heavy atom. The zero-order valence-corrected chi connectivity index (χ0v) is 10.6. The van der Waals surface area contributed by atoms with E-state index in [2.05, 4.69) is 0 Å². The minimum Gasteiger partial charge on any atom is -0.479 e. The molecule has 0 aliphatic rings. The van der Waals surface area contributed by atoms with Crippen LogP contribution >= 0.6 is 23.2 Å². The summed E-state index contributed by atoms with van der Waals surface area (Å²) >= 11 is 11.9. The van der Waals surface area contributed by atoms with Crippen molar-refractivity contribution in [3.8, 4) is 0 Å². The van der Waals surface area contributed by atoms with Crippen LogP contribution in [-0.2, 0) is 9.59 Å². The smallest absolute Gasteiger partial charge is 0.331 e. The minimum atomic E-state index is -1.17. The first-order chi connectivity index (χ1) is 8.02. The Labute approximate surface area is 109 Å². The van der Waals surface area contributed by atoms with Gasteiger partial charge in [0.2, 0.25) is 6.41 Å². The van der Waals surface area contributed by atoms with Gasteiger partial charge in [0.05, 0.1) is 0 Å². The first-order valence-electron chi connectivity index (χ1n) is 4.90. The summed E-state index contributed by atoms with van der Waals surface area (Å²) in [6, 6.07) is 3.53. The largest absolute Gasteiger partial charge is 0.479 e. The number of hydrogen-bond acceptors (Lipinski definition) is 2. The van der Waals surface area contributed by atoms with Crippen LogP contribution in [0.3, 0.4) is 0 Å². The highest BCUT2D eigenvalue weighted by Crippen LogP contribution is 2.33. The summed E-state index contributed by atoms with van der Waals surface area (Å²) in [4.78, 5) is 23.2. The molecule has 17 heavy (non-hydrogen) atoms. The van der Waals surface area contributed by atoms with E-state index in [-0.39, 0.29) is 22.2 Å². The molecule has 0 saturated carbocycles. The van der Waals surface area contributed by atoms with Crippen LogP contribution in [0.25, 0.3) is 0 Å². The summed E-state index contributed by atoms with van der Waals surface area (Å²) in [6.45, 7) is 1.93. The topological polar surface area (TPSA) is 57.6 Å². The Kier molecular flexibility index (Phi) is 4.78. The van der Waals surface area contributed by atoms with Gasteiger partial charge in [-0.3, -0.25) is 4.79 Å². The fourth-order valence-electron chi connectivity index (χ4n) is 1.52. The fraction of sp³-hybridized carbons (Fsp3) is 0.273. The average Bonchev–Trinajstić information content (AvgIpc) is 2.27. The van der Waals surface area contributed by atoms with Crippen molar-refractivity contribution in [2.24, 2.45) is 0 Å². The van der Waals surface area contributed by atoms with Gasteiger partial charge in [-0.25, -0.2) is 4.79 Å². The Bertz CT molecular complexity index is 416. The highest BCUT2D eigenvalue weighted by atomic mass is 35.5. The highest BCUT2D eigenvalue weighted by molar-refractivity contribution is 6.36. The molecule has 92 valence electrons. The molecular weight excluding hydrogens is 265 g/mol. The van der Waals surface area contributed by atoms with Gasteiger partial charge in [-0.1, -0.05) is 29.3 Å². The molecule has 1 atom stereocenters. The molecule has 1 aromatic rings. The van der Waals surface area contributed by atoms with Gasteiger partial charge in [-0.2, -0.15) is 0 Å². The summed E-state index contributed by atoms with van der Waals surface area (Å²) in [5, 5.41) is 9.64. The van der Waals surface area contributed by atoms with E-state index in [9.17, 15) is 14.7 Å². The van der Waals surface area contributed by atoms with E-state index in [1.54, 1.807) is 13.0 Å². The van der Waals surface area contributed by atoms with Crippen LogP contribution in [0, 0.1) is 0 Å². The molecule has 1 rings (SSSR count). The van der Waals surface area contributed by atoms with E-state index in [1.165, 1.54) is 12.1 Å². The maximum atomic E-state index is 11.2. The number of nitrogens with zero attached hydrogens (tertiary/aromatic N) is 1. The standard InChI is InChI=1S/C11H11Cl2NO3/c1-2-14(6-15)10(11(16)17)9-7(12)4-3-5-8(9)13/h3-6,10H,2H2,1H3,(H,16,17). The van der Waals surface area contributed by atoms with E-state index < -0.39 is 12.0 Å². The molecule has 1 unspecified atom stereocenters. The summed E-state index contributed by atoms with van der Waals surface area (Å²) in [5.74, 6) is -1.17. The number of carbonyl (C=O) groups is 2. The number of carboxylic acid groups (broad SMARTS) is 1. The van der Waals surface area contributed by atoms with E-state index in [4.69, 9.17) is 23.2 Å². The number of hydrogen-bond donors (Lipinski definition) is 1. The molecule has 0 radical (unpaired) electrons. The zero-order valence-electron chi connectivity index (χ0n) is 9.06. The molecular formula is C11H11Cl2NO3. The number of benzene rings is 1. The lowest BCUT2D eigenvalue weighted by molar-refractivity contribution is -0.146. The third kappa shape index (κ3) is 2.90. The number of carboxylic acids is 1. The molecule has 1 aromatic carbocycles. The summed E-state index contributed by atoms with van der Waals surface area (Å²) < 4.78 is 0. The molecule has 0 fully saturated rings. The number of halogens is 2. The third-order valence-electron chi connectivity index (χ3n) is 2.34. The first kappa shape index (κ1) is 13.8. The van der Waals surface area contributed by atoms with Crippen LogP contribution in [0.4, 0.5) is 0 Å². The molecule has 4 nitrogen and oxygen atoms in total. The number of rotatable bonds is 5. The first-order valence-corrected chi connectivity index (χ1v) is 5.66. The SMILES string of the molecule is CCN(C=O)C(C(=O)O)c1c(Cl)cccc1Cl. The maximum absolute atomic E-state index is 11.2. The quantitative estimate of drug-likeness (QED) is 0.841. The highest BCUT2D eigenvalue weighted by Gasteiger charge is 2.29. The normalized spacial score (nSPS) is 11.9. The number of likely N-dealkylation sites (N-methyl/N-ethyl adjacent to an activating group) is 1. The van der Waals surface area contributed by atoms with Gasteiger partial charge < -0.3 is 10.0 Å². The van der Waals surface area contributed by atoms with E-state index in [0.29, 0.717) is 6.41 Å². The molecule has 1 N–H and O–H groups in total. The van der Waals surface area contributed by atoms with E-state index >= 15 is 0 Å². The predicted molar refractivity (Wildman–Crippen MR) is 65.3 cm³/mol. The van der Waals surface area contributed by atoms with Crippen molar-refractivity contribution in [2.75, 3.05) is 6.54 Å². The van der Waals surface area contributed by atoms with Crippen LogP contribution in [0.2, 0.25) is 10.0 Å². The van der Waals surface area contributed by atoms with Gasteiger partial charge in [0.1, 0.15) is 0 Å². The Morgan fingerprint density at radius 1 is 1.47 bits per heavy atom. The number of amides is 1. The van der Waals surface area contributed by atoms with Crippen molar-refractivity contribution >= 4 is 35.6 Å². The lowest BCUT2D eigenvalue weighted by Crippen LogP contribution is -2.33. The fourth-order valence-corrected chi connectivity index (χ4v) is 2.13. The van der Waals surface area contributed by atoms with Gasteiger partial charge >= 0.3 is 5.97 Å². The van der Waals surface area contributed by atoms with Crippen molar-refractivity contribution in [3.05, 3.63) is 33.8 Å². The average molecular weight is 276 g/mol. The van der Waals surface area contributed by atoms with Gasteiger partial charge in [0.25, 0.3) is 0 Å². The molecule has 6 heteroatoms. The monoisotopic (exact) mass is 275 g/mol. The van der Waals surface area contributed by atoms with Crippen LogP contribution in [-0.4, -0.2) is 28.9 Å². The van der Waals surface area contributed by atoms with Crippen LogP contribution in [0.5, 0.6) is 0 Å². The maximum Gasteiger partial charge on any atom is 0.331 e. The number of aliphatic carboxylic acids is 1. The summed E-state index contributed by atoms with van der Waals surface area (Å²) in [5.41, 5.74) is 0.234. The second kappa shape index (κ2) is 5.89. The molecule has 0 saturated heterocycles. The molecule has 0 bridgehead atoms. The molecule has 0 aliphatic heterocycles. The minimum absolute atomic E-state index is 0.227. The lowest BCUT2D eigenvalue weighted by Gasteiger charge is -2.25. The Hall–Kier alpha value is -1.26. The second-order valence-corrected chi connectivity index (χ2v) is 4.13. The molecule has 0 heterocycles. The van der Waals surface area contributed by atoms with Crippen molar-refractivity contribution in [2.45, 2.75) is 13.0 Å². The van der Waals surface area contributed by atoms with Crippen LogP contribution < -0.4 is 0 Å². The Balaban J connectivity index is 3.32.